The molecule has 0 aliphatic carbocycles. The second-order valence-corrected chi connectivity index (χ2v) is 5.61. The molecular weight excluding hydrogens is 256 g/mol. The summed E-state index contributed by atoms with van der Waals surface area (Å²) in [5, 5.41) is 4.27. The average molecular weight is 283 g/mol. The van der Waals surface area contributed by atoms with Crippen LogP contribution in [-0.4, -0.2) is 31.6 Å². The fourth-order valence-electron chi connectivity index (χ4n) is 2.14. The number of benzene rings is 1. The van der Waals surface area contributed by atoms with E-state index in [9.17, 15) is 0 Å². The molecule has 0 aliphatic rings. The van der Waals surface area contributed by atoms with Crippen molar-refractivity contribution in [1.82, 2.24) is 10.2 Å². The lowest BCUT2D eigenvalue weighted by Crippen LogP contribution is -2.20. The van der Waals surface area contributed by atoms with Gasteiger partial charge in [0.25, 0.3) is 0 Å². The Morgan fingerprint density at radius 1 is 1.16 bits per heavy atom. The van der Waals surface area contributed by atoms with E-state index < -0.39 is 0 Å². The number of nitrogens with zero attached hydrogens (tertiary/aromatic N) is 1. The van der Waals surface area contributed by atoms with Crippen molar-refractivity contribution in [2.45, 2.75) is 39.2 Å². The summed E-state index contributed by atoms with van der Waals surface area (Å²) >= 11 is 5.99. The number of hydrogen-bond acceptors (Lipinski definition) is 2. The molecule has 1 aromatic carbocycles. The smallest absolute Gasteiger partial charge is 0.0409 e. The summed E-state index contributed by atoms with van der Waals surface area (Å²) in [6.45, 7) is 6.65. The molecule has 1 N–H and O–H groups in total. The van der Waals surface area contributed by atoms with Crippen LogP contribution in [0, 0.1) is 0 Å². The molecule has 0 unspecified atom stereocenters. The van der Waals surface area contributed by atoms with Crippen LogP contribution in [0.5, 0.6) is 0 Å². The van der Waals surface area contributed by atoms with Crippen LogP contribution >= 0.6 is 11.6 Å². The standard InChI is InChI=1S/C16H27ClN2/c1-3-10-18-11-5-4-6-12-19(2)14-15-8-7-9-16(17)13-15/h7-9,13,18H,3-6,10-12,14H2,1-2H3. The Balaban J connectivity index is 2.06. The van der Waals surface area contributed by atoms with Gasteiger partial charge < -0.3 is 10.2 Å². The molecule has 3 heteroatoms. The van der Waals surface area contributed by atoms with Crippen molar-refractivity contribution in [1.29, 1.82) is 0 Å². The molecule has 0 aliphatic heterocycles. The van der Waals surface area contributed by atoms with E-state index in [1.807, 2.05) is 18.2 Å². The van der Waals surface area contributed by atoms with Gasteiger partial charge >= 0.3 is 0 Å². The Bertz CT molecular complexity index is 341. The third-order valence-corrected chi connectivity index (χ3v) is 3.40. The third kappa shape index (κ3) is 8.25. The highest BCUT2D eigenvalue weighted by molar-refractivity contribution is 6.30. The molecule has 0 heterocycles. The Kier molecular flexibility index (Phi) is 8.89. The van der Waals surface area contributed by atoms with Crippen molar-refractivity contribution >= 4 is 11.6 Å². The van der Waals surface area contributed by atoms with Crippen molar-refractivity contribution in [2.24, 2.45) is 0 Å². The van der Waals surface area contributed by atoms with Crippen LogP contribution in [-0.2, 0) is 6.54 Å². The van der Waals surface area contributed by atoms with Crippen molar-refractivity contribution in [3.8, 4) is 0 Å². The van der Waals surface area contributed by atoms with Gasteiger partial charge in [-0.3, -0.25) is 0 Å². The molecule has 0 fully saturated rings. The molecule has 0 saturated heterocycles. The van der Waals surface area contributed by atoms with Gasteiger partial charge in [-0.05, 0) is 63.6 Å². The SMILES string of the molecule is CCCNCCCCCN(C)Cc1cccc(Cl)c1. The van der Waals surface area contributed by atoms with Crippen molar-refractivity contribution in [3.63, 3.8) is 0 Å². The first-order valence-corrected chi connectivity index (χ1v) is 7.74. The zero-order chi connectivity index (χ0) is 13.9. The normalized spacial score (nSPS) is 11.2. The summed E-state index contributed by atoms with van der Waals surface area (Å²) in [5.74, 6) is 0. The molecule has 0 bridgehead atoms. The molecule has 0 atom stereocenters. The molecule has 1 rings (SSSR count). The highest BCUT2D eigenvalue weighted by Gasteiger charge is 2.00. The van der Waals surface area contributed by atoms with E-state index >= 15 is 0 Å². The highest BCUT2D eigenvalue weighted by atomic mass is 35.5. The quantitative estimate of drug-likeness (QED) is 0.654. The molecule has 0 amide bonds. The van der Waals surface area contributed by atoms with Crippen LogP contribution < -0.4 is 5.32 Å². The van der Waals surface area contributed by atoms with Gasteiger partial charge in [0.2, 0.25) is 0 Å². The predicted octanol–water partition coefficient (Wildman–Crippen LogP) is 3.94. The first-order valence-electron chi connectivity index (χ1n) is 7.36. The van der Waals surface area contributed by atoms with E-state index in [4.69, 9.17) is 11.6 Å². The lowest BCUT2D eigenvalue weighted by molar-refractivity contribution is 0.317. The Morgan fingerprint density at radius 3 is 2.74 bits per heavy atom. The van der Waals surface area contributed by atoms with Gasteiger partial charge in [0, 0.05) is 11.6 Å². The first-order chi connectivity index (χ1) is 9.22. The summed E-state index contributed by atoms with van der Waals surface area (Å²) in [6.07, 6.45) is 5.08. The minimum atomic E-state index is 0.827. The van der Waals surface area contributed by atoms with Crippen molar-refractivity contribution in [2.75, 3.05) is 26.7 Å². The summed E-state index contributed by atoms with van der Waals surface area (Å²) in [7, 11) is 2.18. The molecule has 2 nitrogen and oxygen atoms in total. The Labute approximate surface area is 123 Å². The molecule has 0 radical (unpaired) electrons. The Hall–Kier alpha value is -0.570. The second kappa shape index (κ2) is 10.2. The molecule has 0 spiro atoms. The van der Waals surface area contributed by atoms with Crippen LogP contribution in [0.3, 0.4) is 0 Å². The topological polar surface area (TPSA) is 15.3 Å². The zero-order valence-electron chi connectivity index (χ0n) is 12.3. The van der Waals surface area contributed by atoms with Gasteiger partial charge in [0.15, 0.2) is 0 Å². The van der Waals surface area contributed by atoms with Crippen LogP contribution in [0.4, 0.5) is 0 Å². The van der Waals surface area contributed by atoms with Crippen LogP contribution in [0.1, 0.15) is 38.2 Å². The maximum atomic E-state index is 5.99. The van der Waals surface area contributed by atoms with Gasteiger partial charge in [-0.25, -0.2) is 0 Å². The first kappa shape index (κ1) is 16.5. The number of nitrogens with one attached hydrogen (secondary N) is 1. The summed E-state index contributed by atoms with van der Waals surface area (Å²) in [6, 6.07) is 8.13. The Morgan fingerprint density at radius 2 is 2.00 bits per heavy atom. The van der Waals surface area contributed by atoms with Gasteiger partial charge in [0.05, 0.1) is 0 Å². The number of unbranched alkanes of at least 4 members (excludes halogenated alkanes) is 2. The molecule has 0 saturated carbocycles. The van der Waals surface area contributed by atoms with Crippen LogP contribution in [0.25, 0.3) is 0 Å². The van der Waals surface area contributed by atoms with Gasteiger partial charge in [0.1, 0.15) is 0 Å². The molecular formula is C16H27ClN2. The largest absolute Gasteiger partial charge is 0.317 e. The van der Waals surface area contributed by atoms with Crippen LogP contribution in [0.2, 0.25) is 5.02 Å². The summed E-state index contributed by atoms with van der Waals surface area (Å²) in [4.78, 5) is 2.37. The third-order valence-electron chi connectivity index (χ3n) is 3.16. The molecule has 19 heavy (non-hydrogen) atoms. The lowest BCUT2D eigenvalue weighted by Gasteiger charge is -2.16. The molecule has 1 aromatic rings. The minimum Gasteiger partial charge on any atom is -0.317 e. The zero-order valence-corrected chi connectivity index (χ0v) is 13.0. The maximum Gasteiger partial charge on any atom is 0.0409 e. The monoisotopic (exact) mass is 282 g/mol. The van der Waals surface area contributed by atoms with Crippen molar-refractivity contribution in [3.05, 3.63) is 34.9 Å². The van der Waals surface area contributed by atoms with E-state index in [1.165, 1.54) is 31.2 Å². The van der Waals surface area contributed by atoms with Gasteiger partial charge in [-0.2, -0.15) is 0 Å². The van der Waals surface area contributed by atoms with E-state index in [-0.39, 0.29) is 0 Å². The number of halogens is 1. The van der Waals surface area contributed by atoms with E-state index in [0.717, 1.165) is 31.2 Å². The van der Waals surface area contributed by atoms with E-state index in [1.54, 1.807) is 0 Å². The van der Waals surface area contributed by atoms with Gasteiger partial charge in [-0.15, -0.1) is 0 Å². The molecule has 0 aromatic heterocycles. The predicted molar refractivity (Wildman–Crippen MR) is 84.8 cm³/mol. The fourth-order valence-corrected chi connectivity index (χ4v) is 2.35. The highest BCUT2D eigenvalue weighted by Crippen LogP contribution is 2.12. The lowest BCUT2D eigenvalue weighted by atomic mass is 10.2. The number of hydrogen-bond donors (Lipinski definition) is 1. The second-order valence-electron chi connectivity index (χ2n) is 5.18. The number of rotatable bonds is 10. The van der Waals surface area contributed by atoms with Crippen LogP contribution in [0.15, 0.2) is 24.3 Å². The summed E-state index contributed by atoms with van der Waals surface area (Å²) < 4.78 is 0. The van der Waals surface area contributed by atoms with Crippen molar-refractivity contribution < 1.29 is 0 Å². The summed E-state index contributed by atoms with van der Waals surface area (Å²) in [5.41, 5.74) is 1.29. The minimum absolute atomic E-state index is 0.827. The van der Waals surface area contributed by atoms with E-state index in [2.05, 4.69) is 30.3 Å². The fraction of sp³-hybridized carbons (Fsp3) is 0.625. The van der Waals surface area contributed by atoms with E-state index in [0.29, 0.717) is 0 Å². The molecule has 108 valence electrons. The maximum absolute atomic E-state index is 5.99. The van der Waals surface area contributed by atoms with Gasteiger partial charge in [-0.1, -0.05) is 37.1 Å². The average Bonchev–Trinajstić information content (AvgIpc) is 2.37.